The van der Waals surface area contributed by atoms with Crippen LogP contribution < -0.4 is 4.90 Å². The van der Waals surface area contributed by atoms with Gasteiger partial charge in [0, 0.05) is 26.1 Å². The van der Waals surface area contributed by atoms with Gasteiger partial charge in [-0.25, -0.2) is 4.39 Å². The van der Waals surface area contributed by atoms with Gasteiger partial charge in [0.1, 0.15) is 5.82 Å². The van der Waals surface area contributed by atoms with Crippen molar-refractivity contribution >= 4 is 17.3 Å². The number of alkyl halides is 1. The van der Waals surface area contributed by atoms with Crippen molar-refractivity contribution in [1.82, 2.24) is 0 Å². The van der Waals surface area contributed by atoms with Crippen molar-refractivity contribution in [3.8, 4) is 0 Å². The molecule has 94 valence electrons. The Morgan fingerprint density at radius 1 is 1.41 bits per heavy atom. The van der Waals surface area contributed by atoms with Gasteiger partial charge in [-0.1, -0.05) is 6.07 Å². The van der Waals surface area contributed by atoms with Gasteiger partial charge in [0.25, 0.3) is 0 Å². The molecule has 0 unspecified atom stereocenters. The summed E-state index contributed by atoms with van der Waals surface area (Å²) in [6.07, 6.45) is 2.22. The number of hydrogen-bond donors (Lipinski definition) is 0. The fourth-order valence-corrected chi connectivity index (χ4v) is 2.39. The van der Waals surface area contributed by atoms with Crippen LogP contribution in [0, 0.1) is 5.82 Å². The Hall–Kier alpha value is -0.800. The minimum atomic E-state index is -0.181. The fourth-order valence-electron chi connectivity index (χ4n) is 2.22. The van der Waals surface area contributed by atoms with Gasteiger partial charge in [-0.2, -0.15) is 0 Å². The minimum absolute atomic E-state index is 0.181. The van der Waals surface area contributed by atoms with Crippen LogP contribution in [0.4, 0.5) is 10.1 Å². The summed E-state index contributed by atoms with van der Waals surface area (Å²) in [5, 5.41) is 0. The molecule has 0 aliphatic carbocycles. The number of methoxy groups -OCH3 is 1. The van der Waals surface area contributed by atoms with Gasteiger partial charge < -0.3 is 9.64 Å². The minimum Gasteiger partial charge on any atom is -0.381 e. The van der Waals surface area contributed by atoms with Crippen LogP contribution in [-0.4, -0.2) is 26.3 Å². The Balaban J connectivity index is 2.08. The molecule has 0 saturated carbocycles. The van der Waals surface area contributed by atoms with E-state index in [-0.39, 0.29) is 5.82 Å². The Bertz CT molecular complexity index is 378. The molecule has 2 rings (SSSR count). The summed E-state index contributed by atoms with van der Waals surface area (Å²) < 4.78 is 19.2. The molecular weight excluding hydrogens is 241 g/mol. The highest BCUT2D eigenvalue weighted by molar-refractivity contribution is 6.17. The van der Waals surface area contributed by atoms with Crippen molar-refractivity contribution in [2.24, 2.45) is 0 Å². The van der Waals surface area contributed by atoms with E-state index >= 15 is 0 Å². The van der Waals surface area contributed by atoms with Crippen molar-refractivity contribution < 1.29 is 9.13 Å². The molecule has 0 N–H and O–H groups in total. The SMILES string of the molecule is COC1CCN(c2ccc(CCl)cc2F)CC1. The molecule has 1 aromatic carbocycles. The Labute approximate surface area is 106 Å². The Kier molecular flexibility index (Phi) is 4.24. The molecule has 0 amide bonds. The average Bonchev–Trinajstić information content (AvgIpc) is 2.39. The van der Waals surface area contributed by atoms with Gasteiger partial charge in [0.2, 0.25) is 0 Å². The maximum atomic E-state index is 13.9. The molecule has 1 aromatic rings. The second-order valence-electron chi connectivity index (χ2n) is 4.34. The number of benzene rings is 1. The zero-order valence-electron chi connectivity index (χ0n) is 9.96. The second kappa shape index (κ2) is 5.69. The van der Waals surface area contributed by atoms with E-state index in [4.69, 9.17) is 16.3 Å². The van der Waals surface area contributed by atoms with Gasteiger partial charge in [-0.15, -0.1) is 11.6 Å². The molecule has 17 heavy (non-hydrogen) atoms. The topological polar surface area (TPSA) is 12.5 Å². The zero-order valence-corrected chi connectivity index (χ0v) is 10.7. The number of nitrogens with zero attached hydrogens (tertiary/aromatic N) is 1. The first kappa shape index (κ1) is 12.7. The first-order valence-corrected chi connectivity index (χ1v) is 6.40. The number of hydrogen-bond acceptors (Lipinski definition) is 2. The number of piperidine rings is 1. The maximum absolute atomic E-state index is 13.9. The second-order valence-corrected chi connectivity index (χ2v) is 4.61. The summed E-state index contributed by atoms with van der Waals surface area (Å²) in [6, 6.07) is 5.22. The predicted octanol–water partition coefficient (Wildman–Crippen LogP) is 3.18. The smallest absolute Gasteiger partial charge is 0.146 e. The van der Waals surface area contributed by atoms with E-state index in [1.165, 1.54) is 6.07 Å². The molecule has 1 aliphatic heterocycles. The summed E-state index contributed by atoms with van der Waals surface area (Å²) in [5.41, 5.74) is 1.49. The van der Waals surface area contributed by atoms with Gasteiger partial charge in [-0.3, -0.25) is 0 Å². The van der Waals surface area contributed by atoms with E-state index in [0.29, 0.717) is 17.7 Å². The van der Waals surface area contributed by atoms with Crippen LogP contribution in [0.5, 0.6) is 0 Å². The highest BCUT2D eigenvalue weighted by Crippen LogP contribution is 2.25. The van der Waals surface area contributed by atoms with Crippen LogP contribution >= 0.6 is 11.6 Å². The van der Waals surface area contributed by atoms with Gasteiger partial charge in [-0.05, 0) is 30.5 Å². The Morgan fingerprint density at radius 2 is 2.12 bits per heavy atom. The monoisotopic (exact) mass is 257 g/mol. The summed E-state index contributed by atoms with van der Waals surface area (Å²) in [5.74, 6) is 0.169. The lowest BCUT2D eigenvalue weighted by molar-refractivity contribution is 0.0818. The Morgan fingerprint density at radius 3 is 2.65 bits per heavy atom. The van der Waals surface area contributed by atoms with Gasteiger partial charge in [0.15, 0.2) is 0 Å². The first-order valence-electron chi connectivity index (χ1n) is 5.86. The molecule has 0 aromatic heterocycles. The molecule has 0 bridgehead atoms. The molecule has 1 saturated heterocycles. The third-order valence-electron chi connectivity index (χ3n) is 3.28. The van der Waals surface area contributed by atoms with E-state index in [0.717, 1.165) is 31.5 Å². The maximum Gasteiger partial charge on any atom is 0.146 e. The summed E-state index contributed by atoms with van der Waals surface area (Å²) in [6.45, 7) is 1.69. The average molecular weight is 258 g/mol. The number of ether oxygens (including phenoxy) is 1. The molecule has 1 heterocycles. The number of anilines is 1. The zero-order chi connectivity index (χ0) is 12.3. The normalized spacial score (nSPS) is 17.5. The van der Waals surface area contributed by atoms with Crippen LogP contribution in [0.2, 0.25) is 0 Å². The lowest BCUT2D eigenvalue weighted by Crippen LogP contribution is -2.37. The molecule has 1 aliphatic rings. The molecule has 1 fully saturated rings. The van der Waals surface area contributed by atoms with E-state index in [9.17, 15) is 4.39 Å². The molecule has 2 nitrogen and oxygen atoms in total. The van der Waals surface area contributed by atoms with Crippen molar-refractivity contribution in [1.29, 1.82) is 0 Å². The molecule has 4 heteroatoms. The third kappa shape index (κ3) is 2.90. The van der Waals surface area contributed by atoms with E-state index in [1.54, 1.807) is 7.11 Å². The number of rotatable bonds is 3. The van der Waals surface area contributed by atoms with Gasteiger partial charge >= 0.3 is 0 Å². The van der Waals surface area contributed by atoms with Crippen LogP contribution in [0.15, 0.2) is 18.2 Å². The van der Waals surface area contributed by atoms with E-state index < -0.39 is 0 Å². The molecule has 0 spiro atoms. The summed E-state index contributed by atoms with van der Waals surface area (Å²) >= 11 is 5.68. The largest absolute Gasteiger partial charge is 0.381 e. The van der Waals surface area contributed by atoms with Crippen LogP contribution in [0.1, 0.15) is 18.4 Å². The van der Waals surface area contributed by atoms with Crippen LogP contribution in [0.25, 0.3) is 0 Å². The van der Waals surface area contributed by atoms with Crippen molar-refractivity contribution in [3.05, 3.63) is 29.6 Å². The highest BCUT2D eigenvalue weighted by atomic mass is 35.5. The molecule has 0 atom stereocenters. The standard InChI is InChI=1S/C13H17ClFNO/c1-17-11-4-6-16(7-5-11)13-3-2-10(9-14)8-12(13)15/h2-3,8,11H,4-7,9H2,1H3. The lowest BCUT2D eigenvalue weighted by Gasteiger charge is -2.33. The predicted molar refractivity (Wildman–Crippen MR) is 68.2 cm³/mol. The first-order chi connectivity index (χ1) is 8.24. The van der Waals surface area contributed by atoms with Crippen molar-refractivity contribution in [3.63, 3.8) is 0 Å². The number of halogens is 2. The summed E-state index contributed by atoms with van der Waals surface area (Å²) in [4.78, 5) is 2.07. The third-order valence-corrected chi connectivity index (χ3v) is 3.59. The molecule has 0 radical (unpaired) electrons. The lowest BCUT2D eigenvalue weighted by atomic mass is 10.1. The van der Waals surface area contributed by atoms with Gasteiger partial charge in [0.05, 0.1) is 11.8 Å². The van der Waals surface area contributed by atoms with E-state index in [2.05, 4.69) is 4.90 Å². The summed E-state index contributed by atoms with van der Waals surface area (Å²) in [7, 11) is 1.73. The van der Waals surface area contributed by atoms with Crippen molar-refractivity contribution in [2.45, 2.75) is 24.8 Å². The highest BCUT2D eigenvalue weighted by Gasteiger charge is 2.20. The van der Waals surface area contributed by atoms with Crippen molar-refractivity contribution in [2.75, 3.05) is 25.1 Å². The van der Waals surface area contributed by atoms with Crippen LogP contribution in [-0.2, 0) is 10.6 Å². The van der Waals surface area contributed by atoms with Crippen LogP contribution in [0.3, 0.4) is 0 Å². The van der Waals surface area contributed by atoms with E-state index in [1.807, 2.05) is 12.1 Å². The fraction of sp³-hybridized carbons (Fsp3) is 0.538. The quantitative estimate of drug-likeness (QED) is 0.771. The molecular formula is C13H17ClFNO.